The molecule has 5 heterocycles. The summed E-state index contributed by atoms with van der Waals surface area (Å²) >= 11 is 0. The van der Waals surface area contributed by atoms with Crippen LogP contribution < -0.4 is 0 Å². The second-order valence-electron chi connectivity index (χ2n) is 15.2. The van der Waals surface area contributed by atoms with E-state index in [2.05, 4.69) is 20.8 Å². The van der Waals surface area contributed by atoms with Crippen molar-refractivity contribution in [1.82, 2.24) is 0 Å². The molecule has 2 saturated carbocycles. The highest BCUT2D eigenvalue weighted by Crippen LogP contribution is 2.81. The molecule has 2 unspecified atom stereocenters. The summed E-state index contributed by atoms with van der Waals surface area (Å²) in [4.78, 5) is 14.2. The zero-order valence-corrected chi connectivity index (χ0v) is 23.1. The third kappa shape index (κ3) is 2.51. The van der Waals surface area contributed by atoms with Crippen LogP contribution in [0, 0.1) is 45.1 Å². The fourth-order valence-corrected chi connectivity index (χ4v) is 12.1. The SMILES string of the molecule is CC(C)[C@H]1CC[C@@]2(C)[C@@H]3CCC45CCC[C@@H]4[C@@]2(C[C@H](O)C(=O)[C@]2(C)CO[C@@]4(C)CC[C@@H]2O4)[C@H]1[N+]5([O-])C3. The van der Waals surface area contributed by atoms with E-state index in [9.17, 15) is 9.90 Å². The molecule has 12 atom stereocenters. The van der Waals surface area contributed by atoms with Crippen LogP contribution in [-0.2, 0) is 14.3 Å². The fourth-order valence-electron chi connectivity index (χ4n) is 12.1. The zero-order chi connectivity index (χ0) is 25.5. The number of ether oxygens (including phenoxy) is 2. The van der Waals surface area contributed by atoms with E-state index in [1.165, 1.54) is 0 Å². The van der Waals surface area contributed by atoms with Crippen LogP contribution >= 0.6 is 0 Å². The number of rotatable bonds is 5. The molecular formula is C30H47NO5. The Balaban J connectivity index is 1.32. The Hall–Kier alpha value is -0.530. The lowest BCUT2D eigenvalue weighted by molar-refractivity contribution is -0.966. The van der Waals surface area contributed by atoms with E-state index in [1.54, 1.807) is 0 Å². The van der Waals surface area contributed by atoms with E-state index >= 15 is 5.21 Å². The normalized spacial score (nSPS) is 59.4. The number of hydrogen-bond donors (Lipinski definition) is 1. The first kappa shape index (κ1) is 24.5. The highest BCUT2D eigenvalue weighted by atomic mass is 16.7. The Morgan fingerprint density at radius 1 is 1.08 bits per heavy atom. The van der Waals surface area contributed by atoms with E-state index < -0.39 is 17.3 Å². The minimum absolute atomic E-state index is 0.00779. The van der Waals surface area contributed by atoms with Crippen molar-refractivity contribution >= 4 is 5.78 Å². The molecule has 2 aliphatic carbocycles. The monoisotopic (exact) mass is 501 g/mol. The number of nitrogens with zero attached hydrogens (tertiary/aromatic N) is 1. The van der Waals surface area contributed by atoms with E-state index in [0.29, 0.717) is 36.7 Å². The molecule has 202 valence electrons. The highest BCUT2D eigenvalue weighted by molar-refractivity contribution is 5.89. The Bertz CT molecular complexity index is 986. The van der Waals surface area contributed by atoms with Crippen molar-refractivity contribution in [2.24, 2.45) is 39.9 Å². The summed E-state index contributed by atoms with van der Waals surface area (Å²) in [5.41, 5.74) is -1.25. The molecule has 6 heteroatoms. The van der Waals surface area contributed by atoms with Gasteiger partial charge in [0.15, 0.2) is 11.6 Å². The smallest absolute Gasteiger partial charge is 0.172 e. The second kappa shape index (κ2) is 7.15. The number of carbonyl (C=O) groups is 1. The summed E-state index contributed by atoms with van der Waals surface area (Å²) in [5, 5.41) is 27.2. The third-order valence-corrected chi connectivity index (χ3v) is 13.8. The van der Waals surface area contributed by atoms with Gasteiger partial charge >= 0.3 is 0 Å². The number of Topliss-reactive ketones (excluding diaryl/α,β-unsaturated/α-hetero) is 1. The van der Waals surface area contributed by atoms with Crippen molar-refractivity contribution in [1.29, 1.82) is 0 Å². The molecule has 0 radical (unpaired) electrons. The molecule has 0 aromatic carbocycles. The number of fused-ring (bicyclic) bond motifs is 4. The summed E-state index contributed by atoms with van der Waals surface area (Å²) in [7, 11) is 0. The molecule has 0 aromatic rings. The number of aliphatic hydroxyl groups is 1. The molecule has 6 nitrogen and oxygen atoms in total. The molecular weight excluding hydrogens is 454 g/mol. The van der Waals surface area contributed by atoms with E-state index in [1.807, 2.05) is 13.8 Å². The maximum absolute atomic E-state index is 15.3. The lowest BCUT2D eigenvalue weighted by Gasteiger charge is -2.71. The van der Waals surface area contributed by atoms with Crippen molar-refractivity contribution < 1.29 is 24.0 Å². The summed E-state index contributed by atoms with van der Waals surface area (Å²) in [5.74, 6) is 0.841. The lowest BCUT2D eigenvalue weighted by atomic mass is 9.42. The molecule has 7 fully saturated rings. The molecule has 7 rings (SSSR count). The van der Waals surface area contributed by atoms with E-state index in [-0.39, 0.29) is 38.9 Å². The van der Waals surface area contributed by atoms with Crippen LogP contribution in [0.25, 0.3) is 0 Å². The topological polar surface area (TPSA) is 78.8 Å². The number of piperidine rings is 2. The van der Waals surface area contributed by atoms with Gasteiger partial charge in [0.05, 0.1) is 30.7 Å². The number of hydrogen-bond acceptors (Lipinski definition) is 5. The number of carbonyl (C=O) groups excluding carboxylic acids is 1. The van der Waals surface area contributed by atoms with Gasteiger partial charge in [0.2, 0.25) is 0 Å². The number of quaternary nitrogens is 1. The Kier molecular flexibility index (Phi) is 4.87. The van der Waals surface area contributed by atoms with Crippen molar-refractivity contribution in [2.45, 2.75) is 128 Å². The summed E-state index contributed by atoms with van der Waals surface area (Å²) in [6.07, 6.45) is 8.48. The van der Waals surface area contributed by atoms with Gasteiger partial charge in [0.25, 0.3) is 0 Å². The molecule has 0 aromatic heterocycles. The van der Waals surface area contributed by atoms with Crippen LogP contribution in [0.5, 0.6) is 0 Å². The lowest BCUT2D eigenvalue weighted by Crippen LogP contribution is -2.75. The van der Waals surface area contributed by atoms with Gasteiger partial charge in [-0.15, -0.1) is 0 Å². The Morgan fingerprint density at radius 2 is 1.86 bits per heavy atom. The van der Waals surface area contributed by atoms with Gasteiger partial charge in [-0.25, -0.2) is 0 Å². The van der Waals surface area contributed by atoms with Crippen LogP contribution in [-0.4, -0.2) is 58.3 Å². The van der Waals surface area contributed by atoms with E-state index in [0.717, 1.165) is 64.3 Å². The Morgan fingerprint density at radius 3 is 2.61 bits per heavy atom. The first-order chi connectivity index (χ1) is 16.9. The van der Waals surface area contributed by atoms with Crippen LogP contribution in [0.3, 0.4) is 0 Å². The van der Waals surface area contributed by atoms with Gasteiger partial charge in [0, 0.05) is 42.4 Å². The average Bonchev–Trinajstić information content (AvgIpc) is 3.44. The fraction of sp³-hybridized carbons (Fsp3) is 0.967. The zero-order valence-electron chi connectivity index (χ0n) is 23.1. The molecule has 7 bridgehead atoms. The summed E-state index contributed by atoms with van der Waals surface area (Å²) < 4.78 is 12.2. The molecule has 1 spiro atoms. The number of ketones is 1. The van der Waals surface area contributed by atoms with Gasteiger partial charge in [-0.3, -0.25) is 4.79 Å². The van der Waals surface area contributed by atoms with Gasteiger partial charge in [0.1, 0.15) is 11.6 Å². The summed E-state index contributed by atoms with van der Waals surface area (Å²) in [6.45, 7) is 12.0. The quantitative estimate of drug-likeness (QED) is 0.426. The Labute approximate surface area is 216 Å². The van der Waals surface area contributed by atoms with Gasteiger partial charge in [-0.1, -0.05) is 20.8 Å². The van der Waals surface area contributed by atoms with Crippen LogP contribution in [0.2, 0.25) is 0 Å². The average molecular weight is 502 g/mol. The largest absolute Gasteiger partial charge is 0.632 e. The predicted molar refractivity (Wildman–Crippen MR) is 135 cm³/mol. The second-order valence-corrected chi connectivity index (χ2v) is 15.2. The van der Waals surface area contributed by atoms with E-state index in [4.69, 9.17) is 9.47 Å². The first-order valence-corrected chi connectivity index (χ1v) is 15.0. The predicted octanol–water partition coefficient (Wildman–Crippen LogP) is 4.96. The van der Waals surface area contributed by atoms with Crippen molar-refractivity contribution in [3.8, 4) is 0 Å². The van der Waals surface area contributed by atoms with Crippen molar-refractivity contribution in [3.05, 3.63) is 5.21 Å². The summed E-state index contributed by atoms with van der Waals surface area (Å²) in [6, 6.07) is 0.0157. The van der Waals surface area contributed by atoms with Crippen LogP contribution in [0.1, 0.15) is 98.8 Å². The third-order valence-electron chi connectivity index (χ3n) is 13.8. The minimum atomic E-state index is -1.07. The van der Waals surface area contributed by atoms with Gasteiger partial charge in [-0.05, 0) is 70.1 Å². The number of aliphatic hydroxyl groups excluding tert-OH is 1. The van der Waals surface area contributed by atoms with Gasteiger partial charge in [-0.2, -0.15) is 0 Å². The first-order valence-electron chi connectivity index (χ1n) is 15.0. The van der Waals surface area contributed by atoms with Crippen molar-refractivity contribution in [2.75, 3.05) is 13.2 Å². The molecule has 5 aliphatic heterocycles. The molecule has 7 aliphatic rings. The maximum Gasteiger partial charge on any atom is 0.172 e. The molecule has 1 N–H and O–H groups in total. The van der Waals surface area contributed by atoms with Gasteiger partial charge < -0.3 is 24.4 Å². The molecule has 0 amide bonds. The minimum Gasteiger partial charge on any atom is -0.632 e. The van der Waals surface area contributed by atoms with Crippen LogP contribution in [0.4, 0.5) is 0 Å². The highest BCUT2D eigenvalue weighted by Gasteiger charge is 2.85. The van der Waals surface area contributed by atoms with Crippen molar-refractivity contribution in [3.63, 3.8) is 0 Å². The standard InChI is InChI=1S/C30H47NO5/c1-18(2)20-9-12-27(4)19-8-14-29-11-6-7-22(29)30(27,24(20)31(29,34)16-19)15-21(32)25(33)26(3)17-35-28(5)13-10-23(26)36-28/h18-24,32H,6-17H2,1-5H3/t19-,20-,21+,22+,23+,24+,26-,27+,28-,29?,30+,31?/m1/s1. The molecule has 36 heavy (non-hydrogen) atoms. The van der Waals surface area contributed by atoms with Crippen LogP contribution in [0.15, 0.2) is 0 Å². The number of hydroxylamine groups is 3. The molecule has 5 saturated heterocycles. The maximum atomic E-state index is 15.3.